The maximum Gasteiger partial charge on any atom is 0.128 e. The van der Waals surface area contributed by atoms with Gasteiger partial charge in [-0.05, 0) is 18.2 Å². The lowest BCUT2D eigenvalue weighted by Crippen LogP contribution is -1.87. The van der Waals surface area contributed by atoms with Crippen LogP contribution >= 0.6 is 15.9 Å². The second kappa shape index (κ2) is 3.84. The van der Waals surface area contributed by atoms with Crippen molar-refractivity contribution in [3.8, 4) is 17.0 Å². The van der Waals surface area contributed by atoms with Gasteiger partial charge in [-0.25, -0.2) is 0 Å². The molecule has 0 bridgehead atoms. The molecular weight excluding hydrogens is 246 g/mol. The molecule has 0 amide bonds. The molecule has 0 saturated carbocycles. The maximum absolute atomic E-state index is 5.22. The van der Waals surface area contributed by atoms with Gasteiger partial charge in [0.25, 0.3) is 0 Å². The second-order valence-corrected chi connectivity index (χ2v) is 3.64. The van der Waals surface area contributed by atoms with Gasteiger partial charge in [0.15, 0.2) is 0 Å². The normalized spacial score (nSPS) is 10.1. The van der Waals surface area contributed by atoms with Crippen molar-refractivity contribution in [2.45, 2.75) is 0 Å². The molecule has 72 valence electrons. The van der Waals surface area contributed by atoms with Crippen LogP contribution in [0.3, 0.4) is 0 Å². The van der Waals surface area contributed by atoms with Crippen LogP contribution in [0.15, 0.2) is 39.5 Å². The molecule has 0 N–H and O–H groups in total. The average Bonchev–Trinajstić information content (AvgIpc) is 2.70. The molecule has 0 fully saturated rings. The first-order valence-corrected chi connectivity index (χ1v) is 4.85. The van der Waals surface area contributed by atoms with E-state index in [1.54, 1.807) is 13.2 Å². The third-order valence-electron chi connectivity index (χ3n) is 1.88. The Labute approximate surface area is 89.8 Å². The molecule has 14 heavy (non-hydrogen) atoms. The van der Waals surface area contributed by atoms with Crippen molar-refractivity contribution in [1.82, 2.24) is 5.16 Å². The number of aromatic nitrogens is 1. The molecule has 1 heterocycles. The van der Waals surface area contributed by atoms with Crippen molar-refractivity contribution in [3.63, 3.8) is 0 Å². The number of nitrogens with zero attached hydrogens (tertiary/aromatic N) is 1. The zero-order valence-electron chi connectivity index (χ0n) is 7.53. The zero-order valence-corrected chi connectivity index (χ0v) is 9.11. The number of halogens is 1. The Balaban J connectivity index is 2.55. The molecule has 1 aromatic carbocycles. The summed E-state index contributed by atoms with van der Waals surface area (Å²) in [5.41, 5.74) is 1.68. The van der Waals surface area contributed by atoms with Crippen LogP contribution in [-0.4, -0.2) is 12.3 Å². The Morgan fingerprint density at radius 2 is 2.21 bits per heavy atom. The summed E-state index contributed by atoms with van der Waals surface area (Å²) in [6.07, 6.45) is 1.54. The molecule has 1 aromatic heterocycles. The van der Waals surface area contributed by atoms with Crippen molar-refractivity contribution in [3.05, 3.63) is 35.0 Å². The van der Waals surface area contributed by atoms with E-state index >= 15 is 0 Å². The smallest absolute Gasteiger partial charge is 0.128 e. The van der Waals surface area contributed by atoms with Gasteiger partial charge in [0, 0.05) is 16.1 Å². The van der Waals surface area contributed by atoms with E-state index in [-0.39, 0.29) is 0 Å². The van der Waals surface area contributed by atoms with Crippen LogP contribution in [0.2, 0.25) is 0 Å². The number of methoxy groups -OCH3 is 1. The van der Waals surface area contributed by atoms with Crippen molar-refractivity contribution in [2.24, 2.45) is 0 Å². The molecular formula is C10H8BrNO2. The van der Waals surface area contributed by atoms with E-state index in [4.69, 9.17) is 9.26 Å². The lowest BCUT2D eigenvalue weighted by Gasteiger charge is -2.05. The molecule has 0 atom stereocenters. The molecule has 0 aliphatic rings. The summed E-state index contributed by atoms with van der Waals surface area (Å²) >= 11 is 3.40. The molecule has 2 aromatic rings. The van der Waals surface area contributed by atoms with Gasteiger partial charge in [-0.15, -0.1) is 0 Å². The van der Waals surface area contributed by atoms with Crippen molar-refractivity contribution in [1.29, 1.82) is 0 Å². The molecule has 0 saturated heterocycles. The number of hydrogen-bond donors (Lipinski definition) is 0. The summed E-state index contributed by atoms with van der Waals surface area (Å²) in [5, 5.41) is 3.86. The molecule has 0 spiro atoms. The highest BCUT2D eigenvalue weighted by atomic mass is 79.9. The predicted molar refractivity (Wildman–Crippen MR) is 56.2 cm³/mol. The van der Waals surface area contributed by atoms with E-state index in [2.05, 4.69) is 21.1 Å². The van der Waals surface area contributed by atoms with Crippen LogP contribution in [0.25, 0.3) is 11.3 Å². The fourth-order valence-electron chi connectivity index (χ4n) is 1.23. The van der Waals surface area contributed by atoms with E-state index in [9.17, 15) is 0 Å². The second-order valence-electron chi connectivity index (χ2n) is 2.73. The number of ether oxygens (including phenoxy) is 1. The van der Waals surface area contributed by atoms with Gasteiger partial charge in [0.05, 0.1) is 7.11 Å². The Morgan fingerprint density at radius 3 is 2.86 bits per heavy atom. The van der Waals surface area contributed by atoms with Crippen molar-refractivity contribution >= 4 is 15.9 Å². The summed E-state index contributed by atoms with van der Waals surface area (Å²) in [6, 6.07) is 7.54. The number of benzene rings is 1. The molecule has 2 rings (SSSR count). The molecule has 0 unspecified atom stereocenters. The van der Waals surface area contributed by atoms with Gasteiger partial charge in [0.2, 0.25) is 0 Å². The maximum atomic E-state index is 5.22. The first kappa shape index (κ1) is 9.27. The Kier molecular flexibility index (Phi) is 2.54. The zero-order chi connectivity index (χ0) is 9.97. The lowest BCUT2D eigenvalue weighted by molar-refractivity contribution is 0.411. The largest absolute Gasteiger partial charge is 0.496 e. The highest BCUT2D eigenvalue weighted by molar-refractivity contribution is 9.10. The van der Waals surface area contributed by atoms with Gasteiger partial charge >= 0.3 is 0 Å². The molecule has 3 nitrogen and oxygen atoms in total. The van der Waals surface area contributed by atoms with Crippen LogP contribution in [-0.2, 0) is 0 Å². The first-order valence-electron chi connectivity index (χ1n) is 4.05. The van der Waals surface area contributed by atoms with Gasteiger partial charge in [0.1, 0.15) is 17.7 Å². The van der Waals surface area contributed by atoms with E-state index in [0.29, 0.717) is 0 Å². The Hall–Kier alpha value is -1.29. The minimum Gasteiger partial charge on any atom is -0.496 e. The van der Waals surface area contributed by atoms with Gasteiger partial charge in [-0.3, -0.25) is 0 Å². The third kappa shape index (κ3) is 1.65. The molecule has 4 heteroatoms. The van der Waals surface area contributed by atoms with Crippen LogP contribution in [0, 0.1) is 0 Å². The third-order valence-corrected chi connectivity index (χ3v) is 2.37. The SMILES string of the molecule is COc1ccc(Br)cc1-c1ccon1. The lowest BCUT2D eigenvalue weighted by atomic mass is 10.1. The van der Waals surface area contributed by atoms with E-state index in [1.165, 1.54) is 6.26 Å². The summed E-state index contributed by atoms with van der Waals surface area (Å²) in [6.45, 7) is 0. The Bertz CT molecular complexity index is 426. The monoisotopic (exact) mass is 253 g/mol. The van der Waals surface area contributed by atoms with Gasteiger partial charge in [-0.2, -0.15) is 0 Å². The highest BCUT2D eigenvalue weighted by Crippen LogP contribution is 2.31. The van der Waals surface area contributed by atoms with E-state index in [1.807, 2.05) is 18.2 Å². The number of rotatable bonds is 2. The van der Waals surface area contributed by atoms with Gasteiger partial charge < -0.3 is 9.26 Å². The quantitative estimate of drug-likeness (QED) is 0.825. The fraction of sp³-hybridized carbons (Fsp3) is 0.100. The summed E-state index contributed by atoms with van der Waals surface area (Å²) in [4.78, 5) is 0. The summed E-state index contributed by atoms with van der Waals surface area (Å²) < 4.78 is 11.0. The van der Waals surface area contributed by atoms with Crippen LogP contribution in [0.1, 0.15) is 0 Å². The number of hydrogen-bond acceptors (Lipinski definition) is 3. The highest BCUT2D eigenvalue weighted by Gasteiger charge is 2.08. The predicted octanol–water partition coefficient (Wildman–Crippen LogP) is 3.11. The summed E-state index contributed by atoms with van der Waals surface area (Å²) in [5.74, 6) is 0.780. The minimum absolute atomic E-state index is 0.767. The fourth-order valence-corrected chi connectivity index (χ4v) is 1.59. The minimum atomic E-state index is 0.767. The molecule has 0 aliphatic carbocycles. The van der Waals surface area contributed by atoms with Crippen molar-refractivity contribution < 1.29 is 9.26 Å². The molecule has 0 aliphatic heterocycles. The average molecular weight is 254 g/mol. The topological polar surface area (TPSA) is 35.3 Å². The van der Waals surface area contributed by atoms with Crippen molar-refractivity contribution in [2.75, 3.05) is 7.11 Å². The van der Waals surface area contributed by atoms with Crippen LogP contribution in [0.4, 0.5) is 0 Å². The van der Waals surface area contributed by atoms with Crippen LogP contribution < -0.4 is 4.74 Å². The Morgan fingerprint density at radius 1 is 1.36 bits per heavy atom. The first-order chi connectivity index (χ1) is 6.81. The van der Waals surface area contributed by atoms with Crippen LogP contribution in [0.5, 0.6) is 5.75 Å². The standard InChI is InChI=1S/C10H8BrNO2/c1-13-10-3-2-7(11)6-8(10)9-4-5-14-12-9/h2-6H,1H3. The summed E-state index contributed by atoms with van der Waals surface area (Å²) in [7, 11) is 1.63. The van der Waals surface area contributed by atoms with Gasteiger partial charge in [-0.1, -0.05) is 21.1 Å². The van der Waals surface area contributed by atoms with E-state index < -0.39 is 0 Å². The van der Waals surface area contributed by atoms with E-state index in [0.717, 1.165) is 21.5 Å². The molecule has 0 radical (unpaired) electrons.